The molecule has 2 amide bonds. The third kappa shape index (κ3) is 6.39. The van der Waals surface area contributed by atoms with Crippen LogP contribution in [0, 0.1) is 6.92 Å². The van der Waals surface area contributed by atoms with Crippen molar-refractivity contribution in [2.75, 3.05) is 30.2 Å². The molecule has 2 aromatic heterocycles. The van der Waals surface area contributed by atoms with Crippen LogP contribution in [0.15, 0.2) is 97.2 Å². The number of ether oxygens (including phenoxy) is 3. The first kappa shape index (κ1) is 28.8. The van der Waals surface area contributed by atoms with E-state index < -0.39 is 6.03 Å². The third-order valence-electron chi connectivity index (χ3n) is 6.85. The van der Waals surface area contributed by atoms with E-state index in [-0.39, 0.29) is 5.88 Å². The van der Waals surface area contributed by atoms with Gasteiger partial charge in [-0.1, -0.05) is 42.0 Å². The summed E-state index contributed by atoms with van der Waals surface area (Å²) in [5.41, 5.74) is 2.98. The number of amides is 2. The summed E-state index contributed by atoms with van der Waals surface area (Å²) in [7, 11) is 3.15. The molecule has 0 aliphatic heterocycles. The Morgan fingerprint density at radius 1 is 0.822 bits per heavy atom. The highest BCUT2D eigenvalue weighted by atomic mass is 16.5. The summed E-state index contributed by atoms with van der Waals surface area (Å²) in [5.74, 6) is 2.47. The number of hydrogen-bond acceptors (Lipinski definition) is 9. The number of carbonyl (C=O) groups is 1. The second-order valence-electron chi connectivity index (χ2n) is 9.88. The number of urea groups is 1. The molecule has 0 aliphatic rings. The Balaban J connectivity index is 1.21. The first-order valence-corrected chi connectivity index (χ1v) is 13.9. The van der Waals surface area contributed by atoms with Crippen molar-refractivity contribution in [3.8, 4) is 34.7 Å². The second kappa shape index (κ2) is 12.5. The summed E-state index contributed by atoms with van der Waals surface area (Å²) < 4.78 is 18.4. The van der Waals surface area contributed by atoms with E-state index in [2.05, 4.69) is 31.0 Å². The van der Waals surface area contributed by atoms with Crippen molar-refractivity contribution in [2.24, 2.45) is 0 Å². The number of anilines is 4. The van der Waals surface area contributed by atoms with Crippen molar-refractivity contribution in [2.45, 2.75) is 6.92 Å². The Morgan fingerprint density at radius 3 is 2.38 bits per heavy atom. The van der Waals surface area contributed by atoms with Gasteiger partial charge in [-0.2, -0.15) is 4.98 Å². The van der Waals surface area contributed by atoms with E-state index in [0.29, 0.717) is 52.0 Å². The lowest BCUT2D eigenvalue weighted by Crippen LogP contribution is -2.21. The zero-order valence-electron chi connectivity index (χ0n) is 24.6. The number of methoxy groups -OCH3 is 2. The molecule has 45 heavy (non-hydrogen) atoms. The number of carbonyl (C=O) groups excluding carboxylic acids is 1. The highest BCUT2D eigenvalue weighted by Gasteiger charge is 2.15. The van der Waals surface area contributed by atoms with Crippen LogP contribution in [0.3, 0.4) is 0 Å². The lowest BCUT2D eigenvalue weighted by molar-refractivity contribution is 0.262. The minimum absolute atomic E-state index is 0.218. The normalized spacial score (nSPS) is 10.7. The molecule has 6 rings (SSSR count). The van der Waals surface area contributed by atoms with Gasteiger partial charge in [-0.15, -0.1) is 5.10 Å². The number of benzene rings is 4. The maximum Gasteiger partial charge on any atom is 0.324 e. The predicted molar refractivity (Wildman–Crippen MR) is 171 cm³/mol. The van der Waals surface area contributed by atoms with Crippen LogP contribution in [0.4, 0.5) is 27.9 Å². The zero-order valence-corrected chi connectivity index (χ0v) is 24.6. The maximum absolute atomic E-state index is 13.1. The summed E-state index contributed by atoms with van der Waals surface area (Å²) in [6, 6.07) is 26.4. The molecule has 12 nitrogen and oxygen atoms in total. The van der Waals surface area contributed by atoms with Crippen LogP contribution in [0.1, 0.15) is 5.56 Å². The molecule has 0 saturated carbocycles. The van der Waals surface area contributed by atoms with Crippen molar-refractivity contribution >= 4 is 39.9 Å². The Hall–Kier alpha value is -6.30. The van der Waals surface area contributed by atoms with Crippen molar-refractivity contribution < 1.29 is 24.1 Å². The van der Waals surface area contributed by atoms with E-state index in [0.717, 1.165) is 16.3 Å². The number of aromatic hydroxyl groups is 1. The first-order valence-electron chi connectivity index (χ1n) is 13.9. The van der Waals surface area contributed by atoms with Crippen LogP contribution < -0.4 is 30.2 Å². The number of fused-ring (bicyclic) bond motifs is 1. The summed E-state index contributed by atoms with van der Waals surface area (Å²) >= 11 is 0. The molecular formula is C33H29N7O5. The number of nitrogens with one attached hydrogen (secondary N) is 3. The molecular weight excluding hydrogens is 574 g/mol. The predicted octanol–water partition coefficient (Wildman–Crippen LogP) is 7.03. The molecule has 0 aliphatic carbocycles. The van der Waals surface area contributed by atoms with E-state index >= 15 is 0 Å². The van der Waals surface area contributed by atoms with Crippen LogP contribution in [0.2, 0.25) is 0 Å². The van der Waals surface area contributed by atoms with Crippen LogP contribution >= 0.6 is 0 Å². The van der Waals surface area contributed by atoms with Crippen molar-refractivity contribution in [3.05, 3.63) is 103 Å². The van der Waals surface area contributed by atoms with Gasteiger partial charge in [0.05, 0.1) is 31.3 Å². The molecule has 6 aromatic rings. The lowest BCUT2D eigenvalue weighted by atomic mass is 10.1. The smallest absolute Gasteiger partial charge is 0.324 e. The van der Waals surface area contributed by atoms with Gasteiger partial charge in [0.25, 0.3) is 0 Å². The van der Waals surface area contributed by atoms with Crippen LogP contribution in [-0.2, 0) is 0 Å². The second-order valence-corrected chi connectivity index (χ2v) is 9.88. The van der Waals surface area contributed by atoms with Gasteiger partial charge in [-0.05, 0) is 43.3 Å². The van der Waals surface area contributed by atoms with Crippen molar-refractivity contribution in [3.63, 3.8) is 0 Å². The van der Waals surface area contributed by atoms with Crippen LogP contribution in [0.25, 0.3) is 16.5 Å². The third-order valence-corrected chi connectivity index (χ3v) is 6.85. The average Bonchev–Trinajstić information content (AvgIpc) is 3.42. The number of rotatable bonds is 9. The van der Waals surface area contributed by atoms with Gasteiger partial charge in [-0.3, -0.25) is 5.32 Å². The molecule has 2 heterocycles. The number of aryl methyl sites for hydroxylation is 1. The van der Waals surface area contributed by atoms with E-state index in [1.165, 1.54) is 10.7 Å². The summed E-state index contributed by atoms with van der Waals surface area (Å²) in [6.07, 6.45) is 1.59. The van der Waals surface area contributed by atoms with Gasteiger partial charge in [0.1, 0.15) is 23.1 Å². The SMILES string of the molecule is COc1ccc(Nc2nccc(Oc3ccc(NC(=O)Nc4cc(O)nn4-c4ccc(C)cc4)c4ccccc34)n2)c(OC)c1. The first-order chi connectivity index (χ1) is 21.9. The fraction of sp³-hybridized carbons (Fsp3) is 0.0909. The van der Waals surface area contributed by atoms with Gasteiger partial charge in [0.15, 0.2) is 0 Å². The topological polar surface area (TPSA) is 145 Å². The molecule has 4 aromatic carbocycles. The van der Waals surface area contributed by atoms with Gasteiger partial charge in [0, 0.05) is 35.2 Å². The Labute approximate surface area is 258 Å². The minimum Gasteiger partial charge on any atom is -0.497 e. The number of aromatic nitrogens is 4. The molecule has 0 fully saturated rings. The Kier molecular flexibility index (Phi) is 8.01. The average molecular weight is 604 g/mol. The summed E-state index contributed by atoms with van der Waals surface area (Å²) in [5, 5.41) is 24.5. The monoisotopic (exact) mass is 603 g/mol. The molecule has 0 unspecified atom stereocenters. The molecule has 12 heteroatoms. The van der Waals surface area contributed by atoms with Gasteiger partial charge in [-0.25, -0.2) is 14.5 Å². The maximum atomic E-state index is 13.1. The fourth-order valence-electron chi connectivity index (χ4n) is 4.67. The molecule has 4 N–H and O–H groups in total. The standard InChI is InChI=1S/C33H29N7O5/c1-20-8-10-21(11-9-20)40-29(19-30(41)39-40)37-33(42)36-25-14-15-27(24-7-5-4-6-23(24)25)45-31-16-17-34-32(38-31)35-26-13-12-22(43-2)18-28(26)44-3/h4-19H,1-3H3,(H,39,41)(H,34,35,38)(H2,36,37,42). The molecule has 0 saturated heterocycles. The summed E-state index contributed by atoms with van der Waals surface area (Å²) in [4.78, 5) is 21.9. The molecule has 0 radical (unpaired) electrons. The Bertz CT molecular complexity index is 1990. The van der Waals surface area contributed by atoms with Crippen molar-refractivity contribution in [1.82, 2.24) is 19.7 Å². The van der Waals surface area contributed by atoms with Gasteiger partial charge < -0.3 is 30.0 Å². The van der Waals surface area contributed by atoms with E-state index in [1.807, 2.05) is 61.5 Å². The van der Waals surface area contributed by atoms with Crippen LogP contribution in [0.5, 0.6) is 29.0 Å². The largest absolute Gasteiger partial charge is 0.497 e. The zero-order chi connectivity index (χ0) is 31.3. The van der Waals surface area contributed by atoms with Crippen molar-refractivity contribution in [1.29, 1.82) is 0 Å². The van der Waals surface area contributed by atoms with Crippen LogP contribution in [-0.4, -0.2) is 45.1 Å². The quantitative estimate of drug-likeness (QED) is 0.137. The Morgan fingerprint density at radius 2 is 1.60 bits per heavy atom. The minimum atomic E-state index is -0.512. The molecule has 0 atom stereocenters. The highest BCUT2D eigenvalue weighted by Crippen LogP contribution is 2.35. The van der Waals surface area contributed by atoms with Gasteiger partial charge >= 0.3 is 6.03 Å². The molecule has 0 spiro atoms. The fourth-order valence-corrected chi connectivity index (χ4v) is 4.67. The molecule has 0 bridgehead atoms. The summed E-state index contributed by atoms with van der Waals surface area (Å²) in [6.45, 7) is 1.97. The molecule has 226 valence electrons. The lowest BCUT2D eigenvalue weighted by Gasteiger charge is -2.14. The van der Waals surface area contributed by atoms with E-state index in [4.69, 9.17) is 14.2 Å². The number of hydrogen-bond donors (Lipinski definition) is 4. The van der Waals surface area contributed by atoms with E-state index in [1.54, 1.807) is 50.7 Å². The van der Waals surface area contributed by atoms with Gasteiger partial charge in [0.2, 0.25) is 17.7 Å². The highest BCUT2D eigenvalue weighted by molar-refractivity contribution is 6.07. The van der Waals surface area contributed by atoms with E-state index in [9.17, 15) is 9.90 Å². The number of nitrogens with zero attached hydrogens (tertiary/aromatic N) is 4.